The number of nitrogen functional groups attached to an aromatic ring is 1. The quantitative estimate of drug-likeness (QED) is 0.744. The van der Waals surface area contributed by atoms with Crippen molar-refractivity contribution in [3.8, 4) is 0 Å². The van der Waals surface area contributed by atoms with E-state index in [1.165, 1.54) is 11.1 Å². The van der Waals surface area contributed by atoms with E-state index in [1.54, 1.807) is 0 Å². The van der Waals surface area contributed by atoms with Crippen molar-refractivity contribution in [2.45, 2.75) is 13.5 Å². The average Bonchev–Trinajstić information content (AvgIpc) is 2.25. The molecule has 0 saturated carbocycles. The molecule has 0 aliphatic carbocycles. The zero-order chi connectivity index (χ0) is 10.7. The molecular weight excluding hydrogens is 188 g/mol. The second-order valence-electron chi connectivity index (χ2n) is 4.08. The van der Waals surface area contributed by atoms with E-state index in [9.17, 15) is 0 Å². The van der Waals surface area contributed by atoms with Crippen molar-refractivity contribution in [1.82, 2.24) is 4.90 Å². The Morgan fingerprint density at radius 2 is 2.07 bits per heavy atom. The maximum atomic E-state index is 5.79. The topological polar surface area (TPSA) is 38.5 Å². The number of hydrogen-bond acceptors (Lipinski definition) is 3. The molecular formula is C12H18N2O. The molecule has 15 heavy (non-hydrogen) atoms. The molecule has 1 heterocycles. The molecule has 1 saturated heterocycles. The first-order valence-corrected chi connectivity index (χ1v) is 5.41. The fourth-order valence-corrected chi connectivity index (χ4v) is 1.85. The van der Waals surface area contributed by atoms with Crippen molar-refractivity contribution in [3.05, 3.63) is 29.3 Å². The van der Waals surface area contributed by atoms with Crippen LogP contribution in [0, 0.1) is 6.92 Å². The normalized spacial score (nSPS) is 17.9. The standard InChI is InChI=1S/C12H18N2O/c1-10-8-11(2-3-12(10)13)9-14-4-6-15-7-5-14/h2-3,8H,4-7,9,13H2,1H3. The van der Waals surface area contributed by atoms with Crippen LogP contribution in [-0.2, 0) is 11.3 Å². The van der Waals surface area contributed by atoms with Gasteiger partial charge in [0, 0.05) is 25.3 Å². The SMILES string of the molecule is Cc1cc(CN2CCOCC2)ccc1N. The van der Waals surface area contributed by atoms with Gasteiger partial charge in [-0.1, -0.05) is 12.1 Å². The van der Waals surface area contributed by atoms with E-state index in [-0.39, 0.29) is 0 Å². The van der Waals surface area contributed by atoms with Gasteiger partial charge in [-0.25, -0.2) is 0 Å². The fraction of sp³-hybridized carbons (Fsp3) is 0.500. The van der Waals surface area contributed by atoms with Crippen LogP contribution in [0.25, 0.3) is 0 Å². The summed E-state index contributed by atoms with van der Waals surface area (Å²) in [4.78, 5) is 2.41. The summed E-state index contributed by atoms with van der Waals surface area (Å²) in [5, 5.41) is 0. The van der Waals surface area contributed by atoms with E-state index < -0.39 is 0 Å². The number of morpholine rings is 1. The smallest absolute Gasteiger partial charge is 0.0594 e. The third-order valence-electron chi connectivity index (χ3n) is 2.84. The van der Waals surface area contributed by atoms with E-state index in [0.29, 0.717) is 0 Å². The molecule has 0 bridgehead atoms. The van der Waals surface area contributed by atoms with Crippen LogP contribution < -0.4 is 5.73 Å². The summed E-state index contributed by atoms with van der Waals surface area (Å²) in [6.45, 7) is 6.83. The Labute approximate surface area is 90.8 Å². The number of ether oxygens (including phenoxy) is 1. The number of nitrogens with zero attached hydrogens (tertiary/aromatic N) is 1. The van der Waals surface area contributed by atoms with Crippen LogP contribution >= 0.6 is 0 Å². The fourth-order valence-electron chi connectivity index (χ4n) is 1.85. The minimum atomic E-state index is 0.855. The molecule has 1 fully saturated rings. The zero-order valence-corrected chi connectivity index (χ0v) is 9.20. The van der Waals surface area contributed by atoms with Gasteiger partial charge in [0.25, 0.3) is 0 Å². The van der Waals surface area contributed by atoms with Crippen LogP contribution in [0.4, 0.5) is 5.69 Å². The minimum absolute atomic E-state index is 0.855. The van der Waals surface area contributed by atoms with Gasteiger partial charge in [-0.15, -0.1) is 0 Å². The lowest BCUT2D eigenvalue weighted by atomic mass is 10.1. The van der Waals surface area contributed by atoms with Crippen LogP contribution in [0.5, 0.6) is 0 Å². The van der Waals surface area contributed by atoms with Crippen LogP contribution in [0.15, 0.2) is 18.2 Å². The van der Waals surface area contributed by atoms with E-state index in [0.717, 1.165) is 38.5 Å². The molecule has 82 valence electrons. The van der Waals surface area contributed by atoms with Gasteiger partial charge < -0.3 is 10.5 Å². The Kier molecular flexibility index (Phi) is 3.23. The molecule has 0 spiro atoms. The number of rotatable bonds is 2. The van der Waals surface area contributed by atoms with Crippen molar-refractivity contribution in [3.63, 3.8) is 0 Å². The van der Waals surface area contributed by atoms with E-state index >= 15 is 0 Å². The molecule has 3 nitrogen and oxygen atoms in total. The Balaban J connectivity index is 2.00. The molecule has 0 radical (unpaired) electrons. The first kappa shape index (κ1) is 10.5. The maximum Gasteiger partial charge on any atom is 0.0594 e. The summed E-state index contributed by atoms with van der Waals surface area (Å²) >= 11 is 0. The van der Waals surface area contributed by atoms with Crippen LogP contribution in [0.2, 0.25) is 0 Å². The lowest BCUT2D eigenvalue weighted by molar-refractivity contribution is 0.0342. The molecule has 0 aromatic heterocycles. The zero-order valence-electron chi connectivity index (χ0n) is 9.20. The summed E-state index contributed by atoms with van der Waals surface area (Å²) in [6, 6.07) is 6.27. The average molecular weight is 206 g/mol. The molecule has 1 aliphatic rings. The largest absolute Gasteiger partial charge is 0.399 e. The molecule has 0 unspecified atom stereocenters. The second kappa shape index (κ2) is 4.64. The molecule has 2 N–H and O–H groups in total. The van der Waals surface area contributed by atoms with E-state index in [1.807, 2.05) is 6.07 Å². The van der Waals surface area contributed by atoms with Gasteiger partial charge in [-0.05, 0) is 24.1 Å². The van der Waals surface area contributed by atoms with Gasteiger partial charge >= 0.3 is 0 Å². The van der Waals surface area contributed by atoms with Gasteiger partial charge in [0.2, 0.25) is 0 Å². The predicted molar refractivity (Wildman–Crippen MR) is 61.7 cm³/mol. The van der Waals surface area contributed by atoms with Gasteiger partial charge in [0.15, 0.2) is 0 Å². The van der Waals surface area contributed by atoms with Gasteiger partial charge in [0.05, 0.1) is 13.2 Å². The highest BCUT2D eigenvalue weighted by Crippen LogP contribution is 2.14. The lowest BCUT2D eigenvalue weighted by Crippen LogP contribution is -2.35. The maximum absolute atomic E-state index is 5.79. The number of anilines is 1. The monoisotopic (exact) mass is 206 g/mol. The Hall–Kier alpha value is -1.06. The lowest BCUT2D eigenvalue weighted by Gasteiger charge is -2.26. The minimum Gasteiger partial charge on any atom is -0.399 e. The number of benzene rings is 1. The molecule has 1 aliphatic heterocycles. The van der Waals surface area contributed by atoms with Gasteiger partial charge in [0.1, 0.15) is 0 Å². The van der Waals surface area contributed by atoms with Gasteiger partial charge in [-0.2, -0.15) is 0 Å². The third-order valence-corrected chi connectivity index (χ3v) is 2.84. The first-order valence-electron chi connectivity index (χ1n) is 5.41. The van der Waals surface area contributed by atoms with Crippen molar-refractivity contribution in [1.29, 1.82) is 0 Å². The van der Waals surface area contributed by atoms with Crippen LogP contribution in [-0.4, -0.2) is 31.2 Å². The van der Waals surface area contributed by atoms with Crippen LogP contribution in [0.1, 0.15) is 11.1 Å². The van der Waals surface area contributed by atoms with Crippen molar-refractivity contribution in [2.75, 3.05) is 32.0 Å². The molecule has 1 aromatic rings. The van der Waals surface area contributed by atoms with Crippen molar-refractivity contribution in [2.24, 2.45) is 0 Å². The van der Waals surface area contributed by atoms with Crippen molar-refractivity contribution < 1.29 is 4.74 Å². The Morgan fingerprint density at radius 1 is 1.33 bits per heavy atom. The predicted octanol–water partition coefficient (Wildman–Crippen LogP) is 1.41. The molecule has 0 amide bonds. The summed E-state index contributed by atoms with van der Waals surface area (Å²) in [7, 11) is 0. The highest BCUT2D eigenvalue weighted by molar-refractivity contribution is 5.47. The Bertz CT molecular complexity index is 332. The van der Waals surface area contributed by atoms with Crippen molar-refractivity contribution >= 4 is 5.69 Å². The highest BCUT2D eigenvalue weighted by atomic mass is 16.5. The summed E-state index contributed by atoms with van der Waals surface area (Å²) in [5.74, 6) is 0. The molecule has 3 heteroatoms. The second-order valence-corrected chi connectivity index (χ2v) is 4.08. The summed E-state index contributed by atoms with van der Waals surface area (Å²) in [5.41, 5.74) is 9.17. The summed E-state index contributed by atoms with van der Waals surface area (Å²) in [6.07, 6.45) is 0. The molecule has 0 atom stereocenters. The Morgan fingerprint density at radius 3 is 2.73 bits per heavy atom. The number of nitrogens with two attached hydrogens (primary N) is 1. The first-order chi connectivity index (χ1) is 7.25. The highest BCUT2D eigenvalue weighted by Gasteiger charge is 2.10. The third kappa shape index (κ3) is 2.70. The van der Waals surface area contributed by atoms with E-state index in [4.69, 9.17) is 10.5 Å². The molecule has 2 rings (SSSR count). The van der Waals surface area contributed by atoms with Crippen LogP contribution in [0.3, 0.4) is 0 Å². The summed E-state index contributed by atoms with van der Waals surface area (Å²) < 4.78 is 5.32. The number of hydrogen-bond donors (Lipinski definition) is 1. The van der Waals surface area contributed by atoms with Gasteiger partial charge in [-0.3, -0.25) is 4.90 Å². The molecule has 1 aromatic carbocycles. The number of aryl methyl sites for hydroxylation is 1. The van der Waals surface area contributed by atoms with E-state index in [2.05, 4.69) is 24.0 Å².